The molecule has 0 unspecified atom stereocenters. The highest BCUT2D eigenvalue weighted by Crippen LogP contribution is 2.38. The lowest BCUT2D eigenvalue weighted by atomic mass is 9.77. The predicted octanol–water partition coefficient (Wildman–Crippen LogP) is 8.75. The lowest BCUT2D eigenvalue weighted by Gasteiger charge is -2.29. The highest BCUT2D eigenvalue weighted by molar-refractivity contribution is 5.33. The van der Waals surface area contributed by atoms with Crippen molar-refractivity contribution < 1.29 is 26.7 Å². The standard InChI is InChI=1S/C27H33F5O/c1-18(2)4-3-5-19-8-12-22(13-9-19)23-14-10-20(11-15-23)6-7-21-16-24(28)26(25(29)17-21)33-27(30,31)32/h10-11,14-19,22H,3-9,12-13H2,1-2H3. The van der Waals surface area contributed by atoms with Crippen LogP contribution >= 0.6 is 0 Å². The molecule has 1 aliphatic carbocycles. The van der Waals surface area contributed by atoms with Gasteiger partial charge in [-0.1, -0.05) is 57.4 Å². The Bertz CT molecular complexity index is 857. The summed E-state index contributed by atoms with van der Waals surface area (Å²) < 4.78 is 68.1. The van der Waals surface area contributed by atoms with Gasteiger partial charge in [-0.15, -0.1) is 13.2 Å². The molecule has 0 aliphatic heterocycles. The molecule has 182 valence electrons. The van der Waals surface area contributed by atoms with Crippen molar-refractivity contribution >= 4 is 0 Å². The molecular weight excluding hydrogens is 435 g/mol. The highest BCUT2D eigenvalue weighted by atomic mass is 19.4. The Morgan fingerprint density at radius 1 is 0.879 bits per heavy atom. The zero-order chi connectivity index (χ0) is 24.0. The molecule has 0 saturated heterocycles. The van der Waals surface area contributed by atoms with Gasteiger partial charge in [-0.3, -0.25) is 0 Å². The summed E-state index contributed by atoms with van der Waals surface area (Å²) in [5.41, 5.74) is 2.65. The van der Waals surface area contributed by atoms with Gasteiger partial charge in [0.1, 0.15) is 0 Å². The van der Waals surface area contributed by atoms with Crippen LogP contribution in [0.15, 0.2) is 36.4 Å². The molecule has 1 saturated carbocycles. The van der Waals surface area contributed by atoms with Crippen molar-refractivity contribution in [3.8, 4) is 5.75 Å². The van der Waals surface area contributed by atoms with Gasteiger partial charge in [-0.2, -0.15) is 0 Å². The molecule has 0 spiro atoms. The summed E-state index contributed by atoms with van der Waals surface area (Å²) in [4.78, 5) is 0. The van der Waals surface area contributed by atoms with Crippen LogP contribution in [0.25, 0.3) is 0 Å². The fourth-order valence-electron chi connectivity index (χ4n) is 4.81. The van der Waals surface area contributed by atoms with Gasteiger partial charge in [-0.05, 0) is 85.1 Å². The van der Waals surface area contributed by atoms with Gasteiger partial charge in [0.2, 0.25) is 5.75 Å². The second kappa shape index (κ2) is 11.3. The third kappa shape index (κ3) is 8.01. The van der Waals surface area contributed by atoms with E-state index in [0.29, 0.717) is 24.3 Å². The average Bonchev–Trinajstić information content (AvgIpc) is 2.75. The molecule has 0 amide bonds. The second-order valence-electron chi connectivity index (χ2n) is 9.72. The number of ether oxygens (including phenoxy) is 1. The normalized spacial score (nSPS) is 19.2. The summed E-state index contributed by atoms with van der Waals surface area (Å²) >= 11 is 0. The summed E-state index contributed by atoms with van der Waals surface area (Å²) in [5.74, 6) is -1.89. The van der Waals surface area contributed by atoms with E-state index < -0.39 is 23.7 Å². The van der Waals surface area contributed by atoms with Crippen LogP contribution in [0.5, 0.6) is 5.75 Å². The lowest BCUT2D eigenvalue weighted by Crippen LogP contribution is -2.19. The Morgan fingerprint density at radius 2 is 1.45 bits per heavy atom. The Morgan fingerprint density at radius 3 is 2.00 bits per heavy atom. The molecule has 6 heteroatoms. The first-order chi connectivity index (χ1) is 15.6. The van der Waals surface area contributed by atoms with E-state index in [2.05, 4.69) is 30.7 Å². The summed E-state index contributed by atoms with van der Waals surface area (Å²) in [6.45, 7) is 4.56. The van der Waals surface area contributed by atoms with Gasteiger partial charge in [0, 0.05) is 0 Å². The van der Waals surface area contributed by atoms with E-state index in [1.807, 2.05) is 12.1 Å². The molecule has 0 bridgehead atoms. The van der Waals surface area contributed by atoms with Crippen LogP contribution in [0.2, 0.25) is 0 Å². The van der Waals surface area contributed by atoms with Gasteiger partial charge in [0.15, 0.2) is 11.6 Å². The quantitative estimate of drug-likeness (QED) is 0.334. The minimum Gasteiger partial charge on any atom is -0.399 e. The van der Waals surface area contributed by atoms with Crippen LogP contribution in [-0.2, 0) is 12.8 Å². The summed E-state index contributed by atoms with van der Waals surface area (Å²) in [7, 11) is 0. The summed E-state index contributed by atoms with van der Waals surface area (Å²) in [5, 5.41) is 0. The van der Waals surface area contributed by atoms with E-state index >= 15 is 0 Å². The third-order valence-electron chi connectivity index (χ3n) is 6.67. The van der Waals surface area contributed by atoms with Gasteiger partial charge in [0.05, 0.1) is 0 Å². The summed E-state index contributed by atoms with van der Waals surface area (Å²) in [6.07, 6.45) is 4.72. The zero-order valence-corrected chi connectivity index (χ0v) is 19.4. The molecule has 3 rings (SSSR count). The van der Waals surface area contributed by atoms with Crippen LogP contribution in [0.3, 0.4) is 0 Å². The van der Waals surface area contributed by atoms with Crippen molar-refractivity contribution in [1.29, 1.82) is 0 Å². The number of hydrogen-bond acceptors (Lipinski definition) is 1. The van der Waals surface area contributed by atoms with E-state index in [4.69, 9.17) is 0 Å². The molecule has 2 aromatic rings. The van der Waals surface area contributed by atoms with Crippen LogP contribution in [0, 0.1) is 23.5 Å². The fraction of sp³-hybridized carbons (Fsp3) is 0.556. The Labute approximate surface area is 193 Å². The van der Waals surface area contributed by atoms with Crippen LogP contribution in [0.1, 0.15) is 81.4 Å². The maximum atomic E-state index is 13.9. The van der Waals surface area contributed by atoms with E-state index in [1.54, 1.807) is 0 Å². The fourth-order valence-corrected chi connectivity index (χ4v) is 4.81. The smallest absolute Gasteiger partial charge is 0.399 e. The lowest BCUT2D eigenvalue weighted by molar-refractivity contribution is -0.276. The largest absolute Gasteiger partial charge is 0.573 e. The van der Waals surface area contributed by atoms with Crippen molar-refractivity contribution in [2.45, 2.75) is 83.9 Å². The van der Waals surface area contributed by atoms with Gasteiger partial charge < -0.3 is 4.74 Å². The molecule has 0 N–H and O–H groups in total. The summed E-state index contributed by atoms with van der Waals surface area (Å²) in [6, 6.07) is 10.2. The van der Waals surface area contributed by atoms with Gasteiger partial charge in [-0.25, -0.2) is 8.78 Å². The topological polar surface area (TPSA) is 9.23 Å². The van der Waals surface area contributed by atoms with Crippen molar-refractivity contribution in [2.24, 2.45) is 11.8 Å². The monoisotopic (exact) mass is 468 g/mol. The second-order valence-corrected chi connectivity index (χ2v) is 9.72. The molecule has 1 aliphatic rings. The number of rotatable bonds is 9. The Hall–Kier alpha value is -2.11. The van der Waals surface area contributed by atoms with Gasteiger partial charge >= 0.3 is 6.36 Å². The van der Waals surface area contributed by atoms with E-state index in [0.717, 1.165) is 29.5 Å². The van der Waals surface area contributed by atoms with Gasteiger partial charge in [0.25, 0.3) is 0 Å². The predicted molar refractivity (Wildman–Crippen MR) is 120 cm³/mol. The molecule has 0 atom stereocenters. The minimum atomic E-state index is -5.14. The van der Waals surface area contributed by atoms with E-state index in [1.165, 1.54) is 50.5 Å². The molecule has 1 fully saturated rings. The van der Waals surface area contributed by atoms with Crippen molar-refractivity contribution in [2.75, 3.05) is 0 Å². The number of aryl methyl sites for hydroxylation is 2. The number of alkyl halides is 3. The molecule has 0 radical (unpaired) electrons. The van der Waals surface area contributed by atoms with Crippen LogP contribution in [-0.4, -0.2) is 6.36 Å². The molecular formula is C27H33F5O. The SMILES string of the molecule is CC(C)CCCC1CCC(c2ccc(CCc3cc(F)c(OC(F)(F)F)c(F)c3)cc2)CC1. The molecule has 0 heterocycles. The van der Waals surface area contributed by atoms with E-state index in [9.17, 15) is 22.0 Å². The molecule has 2 aromatic carbocycles. The first-order valence-electron chi connectivity index (χ1n) is 11.9. The first-order valence-corrected chi connectivity index (χ1v) is 11.9. The number of benzene rings is 2. The highest BCUT2D eigenvalue weighted by Gasteiger charge is 2.34. The molecule has 0 aromatic heterocycles. The number of hydrogen-bond donors (Lipinski definition) is 0. The maximum Gasteiger partial charge on any atom is 0.573 e. The first kappa shape index (κ1) is 25.5. The van der Waals surface area contributed by atoms with Crippen molar-refractivity contribution in [1.82, 2.24) is 0 Å². The average molecular weight is 469 g/mol. The molecule has 1 nitrogen and oxygen atoms in total. The molecule has 33 heavy (non-hydrogen) atoms. The van der Waals surface area contributed by atoms with E-state index in [-0.39, 0.29) is 0 Å². The number of halogens is 5. The van der Waals surface area contributed by atoms with Crippen molar-refractivity contribution in [3.63, 3.8) is 0 Å². The minimum absolute atomic E-state index is 0.291. The van der Waals surface area contributed by atoms with Crippen LogP contribution < -0.4 is 4.74 Å². The van der Waals surface area contributed by atoms with Crippen LogP contribution in [0.4, 0.5) is 22.0 Å². The zero-order valence-electron chi connectivity index (χ0n) is 19.4. The van der Waals surface area contributed by atoms with Crippen molar-refractivity contribution in [3.05, 3.63) is 64.7 Å². The third-order valence-corrected chi connectivity index (χ3v) is 6.67. The Kier molecular flexibility index (Phi) is 8.77. The Balaban J connectivity index is 1.49. The maximum absolute atomic E-state index is 13.9.